The van der Waals surface area contributed by atoms with Crippen molar-refractivity contribution in [2.24, 2.45) is 0 Å². The van der Waals surface area contributed by atoms with E-state index in [0.29, 0.717) is 11.6 Å². The zero-order chi connectivity index (χ0) is 19.2. The van der Waals surface area contributed by atoms with E-state index in [1.807, 2.05) is 55.6 Å². The number of amides is 1. The van der Waals surface area contributed by atoms with Gasteiger partial charge in [-0.3, -0.25) is 4.79 Å². The van der Waals surface area contributed by atoms with Gasteiger partial charge in [0.1, 0.15) is 5.69 Å². The second kappa shape index (κ2) is 8.49. The van der Waals surface area contributed by atoms with Crippen LogP contribution in [0.1, 0.15) is 41.4 Å². The van der Waals surface area contributed by atoms with Gasteiger partial charge >= 0.3 is 0 Å². The molecule has 0 aliphatic carbocycles. The standard InChI is InChI=1S/C23H25N3O/c1-17(2)20-11-7-8-12-21(20)25-23(27)22-14-13-19(15-24-22)26(3)16-18-9-5-4-6-10-18/h4-15,17H,16H2,1-3H3,(H,25,27). The molecule has 1 amide bonds. The van der Waals surface area contributed by atoms with Gasteiger partial charge in [-0.1, -0.05) is 62.4 Å². The first kappa shape index (κ1) is 18.6. The van der Waals surface area contributed by atoms with Crippen LogP contribution in [0.5, 0.6) is 0 Å². The largest absolute Gasteiger partial charge is 0.369 e. The summed E-state index contributed by atoms with van der Waals surface area (Å²) >= 11 is 0. The molecule has 0 unspecified atom stereocenters. The molecule has 1 aromatic heterocycles. The highest BCUT2D eigenvalue weighted by atomic mass is 16.1. The highest BCUT2D eigenvalue weighted by Gasteiger charge is 2.12. The smallest absolute Gasteiger partial charge is 0.274 e. The van der Waals surface area contributed by atoms with Crippen molar-refractivity contribution in [3.05, 3.63) is 89.7 Å². The fraction of sp³-hybridized carbons (Fsp3) is 0.217. The highest BCUT2D eigenvalue weighted by molar-refractivity contribution is 6.03. The Kier molecular flexibility index (Phi) is 5.87. The number of anilines is 2. The average Bonchev–Trinajstić information content (AvgIpc) is 2.69. The number of rotatable bonds is 6. The van der Waals surface area contributed by atoms with Crippen molar-refractivity contribution in [3.8, 4) is 0 Å². The van der Waals surface area contributed by atoms with Crippen LogP contribution in [-0.2, 0) is 6.54 Å². The third kappa shape index (κ3) is 4.73. The maximum absolute atomic E-state index is 12.6. The minimum atomic E-state index is -0.194. The Hall–Kier alpha value is -3.14. The number of benzene rings is 2. The highest BCUT2D eigenvalue weighted by Crippen LogP contribution is 2.24. The van der Waals surface area contributed by atoms with Crippen LogP contribution in [0.15, 0.2) is 72.9 Å². The molecule has 0 aliphatic rings. The van der Waals surface area contributed by atoms with Gasteiger partial charge in [0, 0.05) is 19.3 Å². The van der Waals surface area contributed by atoms with Crippen LogP contribution in [-0.4, -0.2) is 17.9 Å². The molecule has 1 heterocycles. The number of carbonyl (C=O) groups excluding carboxylic acids is 1. The third-order valence-electron chi connectivity index (χ3n) is 4.51. The van der Waals surface area contributed by atoms with Gasteiger partial charge in [-0.2, -0.15) is 0 Å². The molecule has 1 N–H and O–H groups in total. The number of nitrogens with zero attached hydrogens (tertiary/aromatic N) is 2. The molecule has 27 heavy (non-hydrogen) atoms. The second-order valence-electron chi connectivity index (χ2n) is 6.94. The summed E-state index contributed by atoms with van der Waals surface area (Å²) in [7, 11) is 2.02. The Labute approximate surface area is 160 Å². The lowest BCUT2D eigenvalue weighted by atomic mass is 10.0. The van der Waals surface area contributed by atoms with E-state index in [4.69, 9.17) is 0 Å². The van der Waals surface area contributed by atoms with Crippen molar-refractivity contribution in [1.29, 1.82) is 0 Å². The fourth-order valence-electron chi connectivity index (χ4n) is 3.00. The Balaban J connectivity index is 1.69. The van der Waals surface area contributed by atoms with Crippen molar-refractivity contribution in [2.45, 2.75) is 26.3 Å². The molecule has 0 spiro atoms. The second-order valence-corrected chi connectivity index (χ2v) is 6.94. The van der Waals surface area contributed by atoms with E-state index >= 15 is 0 Å². The lowest BCUT2D eigenvalue weighted by Crippen LogP contribution is -2.18. The molecule has 0 atom stereocenters. The Bertz CT molecular complexity index is 889. The van der Waals surface area contributed by atoms with Crippen molar-refractivity contribution in [3.63, 3.8) is 0 Å². The van der Waals surface area contributed by atoms with Gasteiger partial charge in [0.05, 0.1) is 11.9 Å². The number of nitrogens with one attached hydrogen (secondary N) is 1. The summed E-state index contributed by atoms with van der Waals surface area (Å²) in [5.41, 5.74) is 4.56. The van der Waals surface area contributed by atoms with Crippen LogP contribution >= 0.6 is 0 Å². The molecule has 0 aliphatic heterocycles. The van der Waals surface area contributed by atoms with Gasteiger partial charge in [0.15, 0.2) is 0 Å². The van der Waals surface area contributed by atoms with Gasteiger partial charge in [0.25, 0.3) is 5.91 Å². The van der Waals surface area contributed by atoms with E-state index in [-0.39, 0.29) is 5.91 Å². The molecule has 2 aromatic carbocycles. The maximum Gasteiger partial charge on any atom is 0.274 e. The quantitative estimate of drug-likeness (QED) is 0.666. The van der Waals surface area contributed by atoms with Gasteiger partial charge in [-0.25, -0.2) is 4.98 Å². The first-order valence-corrected chi connectivity index (χ1v) is 9.16. The zero-order valence-electron chi connectivity index (χ0n) is 16.0. The molecule has 0 radical (unpaired) electrons. The van der Waals surface area contributed by atoms with Gasteiger partial charge < -0.3 is 10.2 Å². The van der Waals surface area contributed by atoms with E-state index in [1.54, 1.807) is 12.3 Å². The Morgan fingerprint density at radius 1 is 1.00 bits per heavy atom. The van der Waals surface area contributed by atoms with Gasteiger partial charge in [-0.15, -0.1) is 0 Å². The molecule has 0 saturated heterocycles. The lowest BCUT2D eigenvalue weighted by Gasteiger charge is -2.19. The lowest BCUT2D eigenvalue weighted by molar-refractivity contribution is 0.102. The SMILES string of the molecule is CC(C)c1ccccc1NC(=O)c1ccc(N(C)Cc2ccccc2)cn1. The molecule has 4 heteroatoms. The molecule has 0 saturated carbocycles. The molecular weight excluding hydrogens is 334 g/mol. The Morgan fingerprint density at radius 2 is 1.70 bits per heavy atom. The first-order valence-electron chi connectivity index (χ1n) is 9.16. The Morgan fingerprint density at radius 3 is 2.37 bits per heavy atom. The van der Waals surface area contributed by atoms with Crippen LogP contribution in [0.3, 0.4) is 0 Å². The predicted octanol–water partition coefficient (Wildman–Crippen LogP) is 5.09. The molecule has 0 bridgehead atoms. The predicted molar refractivity (Wildman–Crippen MR) is 111 cm³/mol. The maximum atomic E-state index is 12.6. The van der Waals surface area contributed by atoms with Crippen molar-refractivity contribution < 1.29 is 4.79 Å². The molecule has 138 valence electrons. The minimum absolute atomic E-state index is 0.194. The van der Waals surface area contributed by atoms with E-state index in [1.165, 1.54) is 5.56 Å². The van der Waals surface area contributed by atoms with E-state index < -0.39 is 0 Å². The fourth-order valence-corrected chi connectivity index (χ4v) is 3.00. The molecule has 3 aromatic rings. The summed E-state index contributed by atoms with van der Waals surface area (Å²) in [6.07, 6.45) is 1.74. The van der Waals surface area contributed by atoms with E-state index in [9.17, 15) is 4.79 Å². The molecular formula is C23H25N3O. The summed E-state index contributed by atoms with van der Waals surface area (Å²) in [6, 6.07) is 21.8. The third-order valence-corrected chi connectivity index (χ3v) is 4.51. The molecule has 4 nitrogen and oxygen atoms in total. The van der Waals surface area contributed by atoms with E-state index in [2.05, 4.69) is 41.2 Å². The summed E-state index contributed by atoms with van der Waals surface area (Å²) < 4.78 is 0. The number of aromatic nitrogens is 1. The topological polar surface area (TPSA) is 45.2 Å². The van der Waals surface area contributed by atoms with Crippen molar-refractivity contribution >= 4 is 17.3 Å². The molecule has 0 fully saturated rings. The first-order chi connectivity index (χ1) is 13.0. The monoisotopic (exact) mass is 359 g/mol. The summed E-state index contributed by atoms with van der Waals surface area (Å²) in [5, 5.41) is 2.98. The van der Waals surface area contributed by atoms with E-state index in [0.717, 1.165) is 23.5 Å². The summed E-state index contributed by atoms with van der Waals surface area (Å²) in [6.45, 7) is 5.01. The van der Waals surface area contributed by atoms with Crippen LogP contribution < -0.4 is 10.2 Å². The number of hydrogen-bond acceptors (Lipinski definition) is 3. The van der Waals surface area contributed by atoms with Crippen LogP contribution in [0.4, 0.5) is 11.4 Å². The number of pyridine rings is 1. The minimum Gasteiger partial charge on any atom is -0.369 e. The van der Waals surface area contributed by atoms with Crippen LogP contribution in [0, 0.1) is 0 Å². The van der Waals surface area contributed by atoms with Crippen LogP contribution in [0.25, 0.3) is 0 Å². The summed E-state index contributed by atoms with van der Waals surface area (Å²) in [4.78, 5) is 19.0. The van der Waals surface area contributed by atoms with Crippen molar-refractivity contribution in [2.75, 3.05) is 17.3 Å². The number of hydrogen-bond donors (Lipinski definition) is 1. The van der Waals surface area contributed by atoms with Crippen molar-refractivity contribution in [1.82, 2.24) is 4.98 Å². The average molecular weight is 359 g/mol. The van der Waals surface area contributed by atoms with Gasteiger partial charge in [0.2, 0.25) is 0 Å². The zero-order valence-corrected chi connectivity index (χ0v) is 16.0. The molecule has 3 rings (SSSR count). The van der Waals surface area contributed by atoms with Crippen LogP contribution in [0.2, 0.25) is 0 Å². The number of para-hydroxylation sites is 1. The normalized spacial score (nSPS) is 10.7. The van der Waals surface area contributed by atoms with Gasteiger partial charge in [-0.05, 0) is 35.2 Å². The summed E-state index contributed by atoms with van der Waals surface area (Å²) in [5.74, 6) is 0.142. The number of carbonyl (C=O) groups is 1.